The molecule has 22 heavy (non-hydrogen) atoms. The second kappa shape index (κ2) is 8.14. The highest BCUT2D eigenvalue weighted by atomic mass is 127. The fraction of sp³-hybridized carbons (Fsp3) is 0.125. The van der Waals surface area contributed by atoms with E-state index in [-0.39, 0.29) is 18.4 Å². The number of carbonyl (C=O) groups is 2. The molecule has 0 atom stereocenters. The van der Waals surface area contributed by atoms with Crippen molar-refractivity contribution in [2.45, 2.75) is 6.54 Å². The predicted molar refractivity (Wildman–Crippen MR) is 94.8 cm³/mol. The average molecular weight is 429 g/mol. The lowest BCUT2D eigenvalue weighted by atomic mass is 10.2. The summed E-state index contributed by atoms with van der Waals surface area (Å²) < 4.78 is 0.842. The maximum atomic E-state index is 12.0. The molecule has 4 nitrogen and oxygen atoms in total. The van der Waals surface area contributed by atoms with E-state index in [9.17, 15) is 9.59 Å². The van der Waals surface area contributed by atoms with Gasteiger partial charge < -0.3 is 10.6 Å². The molecular formula is C16H14ClIN2O2. The molecule has 114 valence electrons. The van der Waals surface area contributed by atoms with Crippen LogP contribution in [-0.2, 0) is 11.3 Å². The number of nitrogens with one attached hydrogen (secondary N) is 2. The van der Waals surface area contributed by atoms with Crippen LogP contribution in [-0.4, -0.2) is 18.4 Å². The minimum Gasteiger partial charge on any atom is -0.350 e. The number of halogens is 2. The van der Waals surface area contributed by atoms with Crippen LogP contribution in [0.1, 0.15) is 15.9 Å². The van der Waals surface area contributed by atoms with Crippen molar-refractivity contribution < 1.29 is 9.59 Å². The van der Waals surface area contributed by atoms with E-state index in [0.717, 1.165) is 9.13 Å². The Hall–Kier alpha value is -1.60. The fourth-order valence-electron chi connectivity index (χ4n) is 1.80. The maximum Gasteiger partial charge on any atom is 0.252 e. The number of hydrogen-bond donors (Lipinski definition) is 2. The number of amides is 2. The summed E-state index contributed by atoms with van der Waals surface area (Å²) in [4.78, 5) is 23.8. The van der Waals surface area contributed by atoms with E-state index < -0.39 is 0 Å². The van der Waals surface area contributed by atoms with Crippen molar-refractivity contribution in [2.24, 2.45) is 0 Å². The van der Waals surface area contributed by atoms with Crippen molar-refractivity contribution in [3.63, 3.8) is 0 Å². The summed E-state index contributed by atoms with van der Waals surface area (Å²) in [5.41, 5.74) is 1.39. The zero-order chi connectivity index (χ0) is 15.9. The van der Waals surface area contributed by atoms with E-state index in [0.29, 0.717) is 17.1 Å². The molecule has 2 amide bonds. The zero-order valence-corrected chi connectivity index (χ0v) is 14.5. The molecule has 0 heterocycles. The van der Waals surface area contributed by atoms with Crippen molar-refractivity contribution in [1.82, 2.24) is 10.6 Å². The van der Waals surface area contributed by atoms with Crippen LogP contribution in [0, 0.1) is 3.57 Å². The Morgan fingerprint density at radius 1 is 1.00 bits per heavy atom. The standard InChI is InChI=1S/C16H14ClIN2O2/c17-13-7-3-1-5-11(13)9-19-15(21)10-20-16(22)12-6-2-4-8-14(12)18/h1-8H,9-10H2,(H,19,21)(H,20,22). The highest BCUT2D eigenvalue weighted by Gasteiger charge is 2.10. The van der Waals surface area contributed by atoms with Crippen LogP contribution in [0.4, 0.5) is 0 Å². The van der Waals surface area contributed by atoms with Crippen molar-refractivity contribution in [3.8, 4) is 0 Å². The van der Waals surface area contributed by atoms with Gasteiger partial charge >= 0.3 is 0 Å². The molecule has 0 saturated carbocycles. The quantitative estimate of drug-likeness (QED) is 0.720. The van der Waals surface area contributed by atoms with Crippen molar-refractivity contribution in [3.05, 3.63) is 68.3 Å². The molecule has 2 aromatic carbocycles. The minimum atomic E-state index is -0.266. The van der Waals surface area contributed by atoms with Gasteiger partial charge in [0.15, 0.2) is 0 Å². The summed E-state index contributed by atoms with van der Waals surface area (Å²) >= 11 is 8.10. The lowest BCUT2D eigenvalue weighted by molar-refractivity contribution is -0.120. The second-order valence-corrected chi connectivity index (χ2v) is 6.10. The molecule has 0 aliphatic carbocycles. The molecular weight excluding hydrogens is 415 g/mol. The van der Waals surface area contributed by atoms with E-state index in [1.165, 1.54) is 0 Å². The van der Waals surface area contributed by atoms with Crippen molar-refractivity contribution in [1.29, 1.82) is 0 Å². The SMILES string of the molecule is O=C(CNC(=O)c1ccccc1I)NCc1ccccc1Cl. The Bertz CT molecular complexity index is 691. The second-order valence-electron chi connectivity index (χ2n) is 4.53. The lowest BCUT2D eigenvalue weighted by Gasteiger charge is -2.09. The van der Waals surface area contributed by atoms with Gasteiger partial charge in [-0.2, -0.15) is 0 Å². The molecule has 2 aromatic rings. The van der Waals surface area contributed by atoms with Gasteiger partial charge in [0.25, 0.3) is 5.91 Å². The molecule has 0 aliphatic heterocycles. The summed E-state index contributed by atoms with van der Waals surface area (Å²) in [6.07, 6.45) is 0. The lowest BCUT2D eigenvalue weighted by Crippen LogP contribution is -2.36. The zero-order valence-electron chi connectivity index (χ0n) is 11.6. The van der Waals surface area contributed by atoms with Gasteiger partial charge in [0.1, 0.15) is 0 Å². The average Bonchev–Trinajstić information content (AvgIpc) is 2.52. The van der Waals surface area contributed by atoms with E-state index in [1.807, 2.05) is 30.3 Å². The van der Waals surface area contributed by atoms with E-state index in [4.69, 9.17) is 11.6 Å². The highest BCUT2D eigenvalue weighted by Crippen LogP contribution is 2.14. The minimum absolute atomic E-state index is 0.0751. The van der Waals surface area contributed by atoms with E-state index in [2.05, 4.69) is 33.2 Å². The van der Waals surface area contributed by atoms with Gasteiger partial charge in [-0.15, -0.1) is 0 Å². The third-order valence-electron chi connectivity index (χ3n) is 2.96. The van der Waals surface area contributed by atoms with Crippen LogP contribution < -0.4 is 10.6 Å². The van der Waals surface area contributed by atoms with Crippen LogP contribution >= 0.6 is 34.2 Å². The van der Waals surface area contributed by atoms with Crippen molar-refractivity contribution >= 4 is 46.0 Å². The molecule has 0 spiro atoms. The summed E-state index contributed by atoms with van der Waals surface area (Å²) in [7, 11) is 0. The molecule has 0 bridgehead atoms. The van der Waals surface area contributed by atoms with E-state index >= 15 is 0 Å². The monoisotopic (exact) mass is 428 g/mol. The molecule has 0 saturated heterocycles. The van der Waals surface area contributed by atoms with Crippen LogP contribution in [0.25, 0.3) is 0 Å². The van der Waals surface area contributed by atoms with Gasteiger partial charge in [0.2, 0.25) is 5.91 Å². The molecule has 2 rings (SSSR count). The Kier molecular flexibility index (Phi) is 6.21. The molecule has 0 unspecified atom stereocenters. The van der Waals surface area contributed by atoms with Gasteiger partial charge in [-0.1, -0.05) is 41.9 Å². The van der Waals surface area contributed by atoms with Crippen molar-refractivity contribution in [2.75, 3.05) is 6.54 Å². The summed E-state index contributed by atoms with van der Waals surface area (Å²) in [6.45, 7) is 0.255. The van der Waals surface area contributed by atoms with E-state index in [1.54, 1.807) is 18.2 Å². The molecule has 0 fully saturated rings. The molecule has 0 aromatic heterocycles. The van der Waals surface area contributed by atoms with Gasteiger partial charge in [0, 0.05) is 15.1 Å². The number of rotatable bonds is 5. The maximum absolute atomic E-state index is 12.0. The van der Waals surface area contributed by atoms with Gasteiger partial charge in [0.05, 0.1) is 12.1 Å². The molecule has 6 heteroatoms. The largest absolute Gasteiger partial charge is 0.350 e. The third-order valence-corrected chi connectivity index (χ3v) is 4.27. The van der Waals surface area contributed by atoms with Gasteiger partial charge in [-0.05, 0) is 46.4 Å². The molecule has 2 N–H and O–H groups in total. The highest BCUT2D eigenvalue weighted by molar-refractivity contribution is 14.1. The Labute approximate surface area is 147 Å². The Morgan fingerprint density at radius 2 is 1.68 bits per heavy atom. The first-order chi connectivity index (χ1) is 10.6. The van der Waals surface area contributed by atoms with Crippen LogP contribution in [0.15, 0.2) is 48.5 Å². The smallest absolute Gasteiger partial charge is 0.252 e. The number of benzene rings is 2. The summed E-state index contributed by atoms with van der Waals surface area (Å²) in [5, 5.41) is 5.93. The first kappa shape index (κ1) is 16.8. The Morgan fingerprint density at radius 3 is 2.41 bits per heavy atom. The molecule has 0 radical (unpaired) electrons. The fourth-order valence-corrected chi connectivity index (χ4v) is 2.63. The normalized spacial score (nSPS) is 10.1. The summed E-state index contributed by atoms with van der Waals surface area (Å²) in [5.74, 6) is -0.530. The van der Waals surface area contributed by atoms with Gasteiger partial charge in [-0.25, -0.2) is 0 Å². The third kappa shape index (κ3) is 4.71. The number of hydrogen-bond acceptors (Lipinski definition) is 2. The van der Waals surface area contributed by atoms with Crippen LogP contribution in [0.2, 0.25) is 5.02 Å². The number of carbonyl (C=O) groups excluding carboxylic acids is 2. The Balaban J connectivity index is 1.82. The first-order valence-corrected chi connectivity index (χ1v) is 8.06. The first-order valence-electron chi connectivity index (χ1n) is 6.61. The molecule has 0 aliphatic rings. The van der Waals surface area contributed by atoms with Gasteiger partial charge in [-0.3, -0.25) is 9.59 Å². The van der Waals surface area contributed by atoms with Crippen LogP contribution in [0.5, 0.6) is 0 Å². The topological polar surface area (TPSA) is 58.2 Å². The van der Waals surface area contributed by atoms with Crippen LogP contribution in [0.3, 0.4) is 0 Å². The predicted octanol–water partition coefficient (Wildman–Crippen LogP) is 2.99. The summed E-state index contributed by atoms with van der Waals surface area (Å²) in [6, 6.07) is 14.5.